The van der Waals surface area contributed by atoms with Gasteiger partial charge in [-0.2, -0.15) is 11.8 Å². The number of carbonyl (C=O) groups is 4. The molecule has 8 fully saturated rings. The number of piperidine rings is 2. The maximum absolute atomic E-state index is 10.9. The second kappa shape index (κ2) is 72.4. The van der Waals surface area contributed by atoms with E-state index in [4.69, 9.17) is 28.4 Å². The summed E-state index contributed by atoms with van der Waals surface area (Å²) in [4.78, 5) is 44.6. The third-order valence-electron chi connectivity index (χ3n) is 23.1. The van der Waals surface area contributed by atoms with Crippen LogP contribution in [0.15, 0.2) is 240 Å². The van der Waals surface area contributed by atoms with Crippen LogP contribution in [0.5, 0.6) is 23.0 Å². The third kappa shape index (κ3) is 48.6. The zero-order valence-electron chi connectivity index (χ0n) is 82.7. The summed E-state index contributed by atoms with van der Waals surface area (Å²) >= 11 is 5.54. The molecule has 0 spiro atoms. The molecule has 1 aliphatic carbocycles. The molecule has 0 radical (unpaired) electrons. The maximum atomic E-state index is 10.9. The van der Waals surface area contributed by atoms with Crippen LogP contribution in [0.25, 0.3) is 0 Å². The fourth-order valence-corrected chi connectivity index (χ4v) is 18.1. The van der Waals surface area contributed by atoms with Gasteiger partial charge in [0.05, 0.1) is 47.4 Å². The third-order valence-corrected chi connectivity index (χ3v) is 26.2. The van der Waals surface area contributed by atoms with E-state index in [9.17, 15) is 19.2 Å². The Labute approximate surface area is 850 Å². The van der Waals surface area contributed by atoms with Gasteiger partial charge in [0, 0.05) is 195 Å². The Hall–Kier alpha value is -10.9. The Bertz CT molecular complexity index is 4150. The number of morpholine rings is 1. The summed E-state index contributed by atoms with van der Waals surface area (Å²) in [7, 11) is 0. The van der Waals surface area contributed by atoms with Crippen molar-refractivity contribution in [2.24, 2.45) is 0 Å². The number of aryl methyl sites for hydroxylation is 3. The van der Waals surface area contributed by atoms with Crippen molar-refractivity contribution < 1.29 is 47.6 Å². The van der Waals surface area contributed by atoms with Gasteiger partial charge >= 0.3 is 6.03 Å². The lowest BCUT2D eigenvalue weighted by molar-refractivity contribution is -0.122. The molecule has 9 aromatic carbocycles. The molecule has 0 aromatic heterocycles. The molecule has 9 aromatic rings. The van der Waals surface area contributed by atoms with E-state index in [0.29, 0.717) is 19.0 Å². The molecule has 28 nitrogen and oxygen atoms in total. The van der Waals surface area contributed by atoms with Gasteiger partial charge in [-0.1, -0.05) is 153 Å². The Balaban J connectivity index is 0.000000155. The largest absolute Gasteiger partial charge is 0.490 e. The summed E-state index contributed by atoms with van der Waals surface area (Å²) in [6.07, 6.45) is 18.8. The normalized spacial score (nSPS) is 17.9. The molecule has 26 rings (SSSR count). The first-order chi connectivity index (χ1) is 69.7. The minimum atomic E-state index is -0.0938. The minimum absolute atomic E-state index is 0.0463. The summed E-state index contributed by atoms with van der Waals surface area (Å²) in [5.41, 5.74) is 16.5. The van der Waals surface area contributed by atoms with Gasteiger partial charge in [0.25, 0.3) is 5.91 Å². The molecule has 764 valence electrons. The van der Waals surface area contributed by atoms with Gasteiger partial charge in [0.2, 0.25) is 11.8 Å². The lowest BCUT2D eigenvalue weighted by atomic mass is 10.0. The van der Waals surface area contributed by atoms with Crippen LogP contribution >= 0.6 is 35.3 Å². The summed E-state index contributed by atoms with van der Waals surface area (Å²) in [6, 6.07) is 73.4. The number of ether oxygens (including phenoxy) is 6. The molecule has 0 saturated carbocycles. The number of carbonyl (C=O) groups excluding carboxylic acids is 4. The predicted octanol–water partition coefficient (Wildman–Crippen LogP) is 15.3. The monoisotopic (exact) mass is 1990 g/mol. The fraction of sp³-hybridized carbons (Fsp3) is 0.455. The van der Waals surface area contributed by atoms with E-state index in [1.165, 1.54) is 165 Å². The van der Waals surface area contributed by atoms with Gasteiger partial charge in [0.1, 0.15) is 31.3 Å². The second-order valence-electron chi connectivity index (χ2n) is 34.2. The number of rotatable bonds is 0. The van der Waals surface area contributed by atoms with Crippen molar-refractivity contribution >= 4 is 98.9 Å². The number of hydrogen-bond acceptors (Lipinski definition) is 26. The molecule has 18 N–H and O–H groups in total. The SMILES string of the molecule is C1CCNCC1.C1CCOCC1.C1CNCCN1.C1COCCN1.C1CSCCN1.C=C1CNCCN1.O=C1CCCCN1.O=C1COc2ccccc2N1.O=C1CSc2ccccc2N1.O=C1NCCN1.c1ccc2c(c1)CCC2.c1ccc2c(c1)CCCN2.c1ccc2c(c1)CCNC2.c1ccc2c(c1)NCCN2.c1ccc2c(c1)NCCO2.c1ccc2c(c1)NCCS2.c1ccc2c(c1)OCCO2. The van der Waals surface area contributed by atoms with Gasteiger partial charge in [-0.15, -0.1) is 23.5 Å². The van der Waals surface area contributed by atoms with Crippen LogP contribution in [0, 0.1) is 0 Å². The summed E-state index contributed by atoms with van der Waals surface area (Å²) in [5, 5.41) is 55.7. The summed E-state index contributed by atoms with van der Waals surface area (Å²) in [6.45, 7) is 34.1. The van der Waals surface area contributed by atoms with Crippen molar-refractivity contribution in [2.45, 2.75) is 113 Å². The summed E-state index contributed by atoms with van der Waals surface area (Å²) < 4.78 is 31.2. The maximum Gasteiger partial charge on any atom is 0.314 e. The summed E-state index contributed by atoms with van der Waals surface area (Å²) in [5.74, 6) is 7.97. The first-order valence-corrected chi connectivity index (χ1v) is 54.0. The molecule has 17 aliphatic rings. The molecule has 0 atom stereocenters. The molecular formula is C110H156N18O10S3. The topological polar surface area (TPSA) is 340 Å². The zero-order valence-corrected chi connectivity index (χ0v) is 85.1. The number of anilines is 7. The zero-order chi connectivity index (χ0) is 98.2. The van der Waals surface area contributed by atoms with E-state index in [2.05, 4.69) is 211 Å². The molecule has 5 amide bonds. The van der Waals surface area contributed by atoms with Crippen LogP contribution in [0.1, 0.15) is 98.4 Å². The second-order valence-corrected chi connectivity index (χ2v) is 37.5. The van der Waals surface area contributed by atoms with Gasteiger partial charge in [-0.05, 0) is 210 Å². The van der Waals surface area contributed by atoms with Crippen molar-refractivity contribution in [3.8, 4) is 23.0 Å². The number of piperazine rings is 2. The van der Waals surface area contributed by atoms with Crippen molar-refractivity contribution in [3.63, 3.8) is 0 Å². The van der Waals surface area contributed by atoms with E-state index < -0.39 is 0 Å². The van der Waals surface area contributed by atoms with Gasteiger partial charge in [-0.3, -0.25) is 14.4 Å². The van der Waals surface area contributed by atoms with Gasteiger partial charge in [0.15, 0.2) is 18.1 Å². The van der Waals surface area contributed by atoms with Crippen LogP contribution in [-0.4, -0.2) is 244 Å². The standard InChI is InChI=1S/2C9H11N.C9H10.C8H10N2.C8H7NO2.C8H7NOS.C8H9NO.C8H9NS.C8H8O2.C5H10N2.C5H9NO.C5H11N.C5H10O.C4H10N2.C4H9NO.C4H9NS.C3H6N2O/c1-2-6-9-8(4-1)5-3-7-10-9;1-2-4-9-7-10-6-5-8(9)3-1;1-2-5-9-7-3-6-8(9)4-1;1-2-4-8-7(3-1)9-5-6-10-8;2*10-8-5-11-7-4-2-1-3-6(7)9-8;3*1-2-4-8-7(3-1)9-5-6-10-8;1-5-4-6-2-3-7-5;7-5-3-1-2-4-6-5;2*1-2-4-6-5-3-1;1-2-6-4-3-5-1;2*1-3-6-4-2-5-1;6-3-4-1-2-5-3/h1-2,4,6,10H,3,5,7H2;1-4,10H,5-7H2;1-2,4-5H,3,6-7H2;1-4,9-10H,5-6H2;2*1-4H,5H2,(H,9,10);2*1-4,9H,5-6H2;1-4H,5-6H2;6-7H,1-4H2;1-4H2,(H,6,7);6H,1-5H2;1-5H2;5-6H,1-4H2;2*5H,1-4H2;1-2H2,(H2,4,5,6). The molecule has 16 heterocycles. The highest BCUT2D eigenvalue weighted by atomic mass is 32.2. The highest BCUT2D eigenvalue weighted by molar-refractivity contribution is 8.00. The number of urea groups is 1. The molecule has 0 bridgehead atoms. The number of fused-ring (bicyclic) bond motifs is 9. The Morgan fingerprint density at radius 3 is 1.16 bits per heavy atom. The lowest BCUT2D eigenvalue weighted by Gasteiger charge is -2.18. The van der Waals surface area contributed by atoms with Crippen molar-refractivity contribution in [2.75, 3.05) is 257 Å². The van der Waals surface area contributed by atoms with E-state index >= 15 is 0 Å². The number of benzene rings is 9. The van der Waals surface area contributed by atoms with Crippen LogP contribution in [0.2, 0.25) is 0 Å². The van der Waals surface area contributed by atoms with E-state index in [1.54, 1.807) is 22.9 Å². The Morgan fingerprint density at radius 1 is 0.241 bits per heavy atom. The van der Waals surface area contributed by atoms with Crippen molar-refractivity contribution in [1.82, 2.24) is 58.5 Å². The lowest BCUT2D eigenvalue weighted by Crippen LogP contribution is -2.39. The molecular weight excluding hydrogens is 1830 g/mol. The molecule has 31 heteroatoms. The first-order valence-electron chi connectivity index (χ1n) is 50.9. The van der Waals surface area contributed by atoms with Crippen molar-refractivity contribution in [1.29, 1.82) is 0 Å². The van der Waals surface area contributed by atoms with E-state index in [1.807, 2.05) is 133 Å². The number of amides is 5. The number of para-hydroxylation sites is 11. The van der Waals surface area contributed by atoms with Crippen molar-refractivity contribution in [3.05, 3.63) is 258 Å². The highest BCUT2D eigenvalue weighted by Gasteiger charge is 2.18. The van der Waals surface area contributed by atoms with Crippen LogP contribution in [-0.2, 0) is 56.1 Å². The molecule has 8 saturated heterocycles. The molecule has 141 heavy (non-hydrogen) atoms. The quantitative estimate of drug-likeness (QED) is 0.0670. The average Bonchev–Trinajstić information content (AvgIpc) is 1.87. The Morgan fingerprint density at radius 2 is 0.688 bits per heavy atom. The highest BCUT2D eigenvalue weighted by Crippen LogP contribution is 2.33. The minimum Gasteiger partial charge on any atom is -0.490 e. The number of thioether (sulfide) groups is 3. The molecule has 16 aliphatic heterocycles. The average molecular weight is 1990 g/mol. The molecule has 0 unspecified atom stereocenters. The smallest absolute Gasteiger partial charge is 0.314 e. The van der Waals surface area contributed by atoms with E-state index in [-0.39, 0.29) is 30.4 Å². The number of nitrogens with one attached hydrogen (secondary N) is 18. The van der Waals surface area contributed by atoms with E-state index in [0.717, 1.165) is 227 Å². The Kier molecular flexibility index (Phi) is 57.5. The number of hydrogen-bond donors (Lipinski definition) is 18. The van der Waals surface area contributed by atoms with Crippen LogP contribution in [0.3, 0.4) is 0 Å². The fourth-order valence-electron chi connectivity index (χ4n) is 15.6. The predicted molar refractivity (Wildman–Crippen MR) is 586 cm³/mol. The van der Waals surface area contributed by atoms with Gasteiger partial charge < -0.3 is 124 Å². The van der Waals surface area contributed by atoms with Crippen LogP contribution < -0.4 is 115 Å². The van der Waals surface area contributed by atoms with Crippen LogP contribution in [0.4, 0.5) is 44.6 Å². The van der Waals surface area contributed by atoms with Gasteiger partial charge in [-0.25, -0.2) is 4.79 Å². The first kappa shape index (κ1) is 112.